The van der Waals surface area contributed by atoms with Crippen molar-refractivity contribution in [1.29, 1.82) is 0 Å². The van der Waals surface area contributed by atoms with E-state index in [1.165, 1.54) is 6.42 Å². The Hall–Kier alpha value is -1.62. The van der Waals surface area contributed by atoms with Crippen molar-refractivity contribution in [2.75, 3.05) is 13.1 Å². The number of rotatable bonds is 3. The fourth-order valence-corrected chi connectivity index (χ4v) is 2.44. The number of hydrogen-bond acceptors (Lipinski definition) is 4. The molecule has 0 bridgehead atoms. The molecule has 0 amide bonds. The first-order chi connectivity index (χ1) is 8.81. The summed E-state index contributed by atoms with van der Waals surface area (Å²) in [6, 6.07) is 4.53. The molecule has 0 radical (unpaired) electrons. The van der Waals surface area contributed by atoms with Crippen LogP contribution in [0.3, 0.4) is 0 Å². The monoisotopic (exact) mass is 244 g/mol. The van der Waals surface area contributed by atoms with Crippen LogP contribution in [0, 0.1) is 5.92 Å². The Morgan fingerprint density at radius 2 is 2.22 bits per heavy atom. The predicted octanol–water partition coefficient (Wildman–Crippen LogP) is 1.81. The van der Waals surface area contributed by atoms with Gasteiger partial charge in [0, 0.05) is 19.0 Å². The molecule has 2 fully saturated rings. The van der Waals surface area contributed by atoms with Crippen molar-refractivity contribution in [3.05, 3.63) is 24.1 Å². The highest BCUT2D eigenvalue weighted by molar-refractivity contribution is 5.50. The summed E-state index contributed by atoms with van der Waals surface area (Å²) in [6.07, 6.45) is 3.22. The van der Waals surface area contributed by atoms with Gasteiger partial charge in [0.1, 0.15) is 11.5 Å². The van der Waals surface area contributed by atoms with Gasteiger partial charge in [-0.1, -0.05) is 12.1 Å². The standard InChI is InChI=1S/C13H16N4O/c1-8-4-10(8)12-2-3-13(18-12)11-7-17(16-15-11)9-5-14-6-9/h2-3,7-10,14H,4-6H2,1H3. The van der Waals surface area contributed by atoms with Gasteiger partial charge in [0.25, 0.3) is 0 Å². The number of hydrogen-bond donors (Lipinski definition) is 1. The summed E-state index contributed by atoms with van der Waals surface area (Å²) < 4.78 is 7.80. The Labute approximate surface area is 105 Å². The lowest BCUT2D eigenvalue weighted by Gasteiger charge is -2.26. The zero-order valence-corrected chi connectivity index (χ0v) is 10.3. The molecule has 5 nitrogen and oxygen atoms in total. The molecule has 94 valence electrons. The predicted molar refractivity (Wildman–Crippen MR) is 66.2 cm³/mol. The van der Waals surface area contributed by atoms with Crippen molar-refractivity contribution in [3.8, 4) is 11.5 Å². The Kier molecular flexibility index (Phi) is 2.11. The van der Waals surface area contributed by atoms with Crippen LogP contribution in [0.5, 0.6) is 0 Å². The maximum atomic E-state index is 5.88. The first-order valence-corrected chi connectivity index (χ1v) is 6.54. The van der Waals surface area contributed by atoms with Gasteiger partial charge in [-0.15, -0.1) is 5.10 Å². The van der Waals surface area contributed by atoms with Gasteiger partial charge in [0.15, 0.2) is 5.76 Å². The van der Waals surface area contributed by atoms with Gasteiger partial charge in [-0.25, -0.2) is 4.68 Å². The number of nitrogens with zero attached hydrogens (tertiary/aromatic N) is 3. The van der Waals surface area contributed by atoms with Gasteiger partial charge in [-0.3, -0.25) is 0 Å². The normalized spacial score (nSPS) is 27.2. The molecular weight excluding hydrogens is 228 g/mol. The molecule has 1 aliphatic heterocycles. The Morgan fingerprint density at radius 3 is 2.89 bits per heavy atom. The van der Waals surface area contributed by atoms with Crippen LogP contribution in [0.25, 0.3) is 11.5 Å². The van der Waals surface area contributed by atoms with E-state index >= 15 is 0 Å². The maximum absolute atomic E-state index is 5.88. The van der Waals surface area contributed by atoms with E-state index in [9.17, 15) is 0 Å². The first-order valence-electron chi connectivity index (χ1n) is 6.54. The quantitative estimate of drug-likeness (QED) is 0.894. The lowest BCUT2D eigenvalue weighted by atomic mass is 10.2. The van der Waals surface area contributed by atoms with Gasteiger partial charge in [-0.05, 0) is 24.5 Å². The smallest absolute Gasteiger partial charge is 0.156 e. The summed E-state index contributed by atoms with van der Waals surface area (Å²) in [5, 5.41) is 11.6. The van der Waals surface area contributed by atoms with E-state index in [4.69, 9.17) is 4.42 Å². The fraction of sp³-hybridized carbons (Fsp3) is 0.538. The molecule has 1 saturated heterocycles. The molecule has 2 aromatic heterocycles. The Balaban J connectivity index is 1.58. The van der Waals surface area contributed by atoms with Crippen molar-refractivity contribution >= 4 is 0 Å². The largest absolute Gasteiger partial charge is 0.459 e. The molecule has 2 aromatic rings. The molecule has 0 spiro atoms. The second-order valence-corrected chi connectivity index (χ2v) is 5.42. The average molecular weight is 244 g/mol. The molecule has 1 N–H and O–H groups in total. The van der Waals surface area contributed by atoms with Crippen molar-refractivity contribution in [2.24, 2.45) is 5.92 Å². The highest BCUT2D eigenvalue weighted by Gasteiger charge is 2.36. The van der Waals surface area contributed by atoms with Crippen molar-refractivity contribution in [3.63, 3.8) is 0 Å². The third kappa shape index (κ3) is 1.58. The molecule has 2 atom stereocenters. The Morgan fingerprint density at radius 1 is 1.39 bits per heavy atom. The average Bonchev–Trinajstić information content (AvgIpc) is 2.77. The second-order valence-electron chi connectivity index (χ2n) is 5.42. The zero-order valence-electron chi connectivity index (χ0n) is 10.3. The van der Waals surface area contributed by atoms with Crippen LogP contribution in [0.1, 0.15) is 31.1 Å². The lowest BCUT2D eigenvalue weighted by Crippen LogP contribution is -2.43. The van der Waals surface area contributed by atoms with Crippen LogP contribution in [0.15, 0.2) is 22.7 Å². The summed E-state index contributed by atoms with van der Waals surface area (Å²) >= 11 is 0. The van der Waals surface area contributed by atoms with Crippen molar-refractivity contribution in [2.45, 2.75) is 25.3 Å². The highest BCUT2D eigenvalue weighted by atomic mass is 16.3. The van der Waals surface area contributed by atoms with Crippen LogP contribution in [-0.4, -0.2) is 28.1 Å². The zero-order chi connectivity index (χ0) is 12.1. The van der Waals surface area contributed by atoms with Crippen LogP contribution >= 0.6 is 0 Å². The molecule has 4 rings (SSSR count). The number of furan rings is 1. The summed E-state index contributed by atoms with van der Waals surface area (Å²) in [6.45, 7) is 4.21. The van der Waals surface area contributed by atoms with Crippen LogP contribution in [0.2, 0.25) is 0 Å². The van der Waals surface area contributed by atoms with Gasteiger partial charge in [0.05, 0.1) is 12.2 Å². The van der Waals surface area contributed by atoms with E-state index in [0.717, 1.165) is 36.2 Å². The topological polar surface area (TPSA) is 55.9 Å². The van der Waals surface area contributed by atoms with E-state index in [-0.39, 0.29) is 0 Å². The van der Waals surface area contributed by atoms with Crippen LogP contribution in [0.4, 0.5) is 0 Å². The molecule has 2 aliphatic rings. The molecule has 5 heteroatoms. The molecule has 18 heavy (non-hydrogen) atoms. The summed E-state index contributed by atoms with van der Waals surface area (Å²) in [5.74, 6) is 3.31. The number of nitrogens with one attached hydrogen (secondary N) is 1. The summed E-state index contributed by atoms with van der Waals surface area (Å²) in [4.78, 5) is 0. The molecule has 2 unspecified atom stereocenters. The molecular formula is C13H16N4O. The van der Waals surface area contributed by atoms with Crippen LogP contribution in [-0.2, 0) is 0 Å². The highest BCUT2D eigenvalue weighted by Crippen LogP contribution is 2.47. The maximum Gasteiger partial charge on any atom is 0.156 e. The molecule has 1 aliphatic carbocycles. The van der Waals surface area contributed by atoms with Gasteiger partial charge in [0.2, 0.25) is 0 Å². The van der Waals surface area contributed by atoms with E-state index in [0.29, 0.717) is 12.0 Å². The SMILES string of the molecule is CC1CC1c1ccc(-c2cn(C3CNC3)nn2)o1. The van der Waals surface area contributed by atoms with Gasteiger partial charge >= 0.3 is 0 Å². The van der Waals surface area contributed by atoms with Crippen molar-refractivity contribution < 1.29 is 4.42 Å². The van der Waals surface area contributed by atoms with Gasteiger partial charge in [-0.2, -0.15) is 0 Å². The van der Waals surface area contributed by atoms with Gasteiger partial charge < -0.3 is 9.73 Å². The van der Waals surface area contributed by atoms with E-state index < -0.39 is 0 Å². The second kappa shape index (κ2) is 3.68. The summed E-state index contributed by atoms with van der Waals surface area (Å²) in [7, 11) is 0. The van der Waals surface area contributed by atoms with Crippen LogP contribution < -0.4 is 5.32 Å². The summed E-state index contributed by atoms with van der Waals surface area (Å²) in [5.41, 5.74) is 0.835. The Bertz CT molecular complexity index is 528. The first kappa shape index (κ1) is 10.3. The minimum Gasteiger partial charge on any atom is -0.459 e. The lowest BCUT2D eigenvalue weighted by molar-refractivity contribution is 0.313. The van der Waals surface area contributed by atoms with E-state index in [1.807, 2.05) is 16.9 Å². The third-order valence-electron chi connectivity index (χ3n) is 4.00. The fourth-order valence-electron chi connectivity index (χ4n) is 2.44. The van der Waals surface area contributed by atoms with Crippen molar-refractivity contribution in [1.82, 2.24) is 20.3 Å². The van der Waals surface area contributed by atoms with E-state index in [1.54, 1.807) is 0 Å². The number of aromatic nitrogens is 3. The van der Waals surface area contributed by atoms with E-state index in [2.05, 4.69) is 28.6 Å². The molecule has 3 heterocycles. The minimum atomic E-state index is 0.448. The third-order valence-corrected chi connectivity index (χ3v) is 4.00. The molecule has 1 saturated carbocycles. The minimum absolute atomic E-state index is 0.448. The molecule has 0 aromatic carbocycles.